The van der Waals surface area contributed by atoms with Crippen LogP contribution in [0.2, 0.25) is 5.02 Å². The molecule has 1 aromatic carbocycles. The van der Waals surface area contributed by atoms with Gasteiger partial charge in [-0.15, -0.1) is 0 Å². The molecule has 0 fully saturated rings. The largest absolute Gasteiger partial charge is 0.382 e. The van der Waals surface area contributed by atoms with Gasteiger partial charge in [0.2, 0.25) is 6.10 Å². The van der Waals surface area contributed by atoms with Gasteiger partial charge in [0, 0.05) is 18.2 Å². The van der Waals surface area contributed by atoms with Crippen molar-refractivity contribution in [1.29, 1.82) is 0 Å². The van der Waals surface area contributed by atoms with Crippen molar-refractivity contribution in [1.82, 2.24) is 10.2 Å². The molecule has 0 aliphatic carbocycles. The molecule has 1 aromatic heterocycles. The van der Waals surface area contributed by atoms with E-state index in [1.54, 1.807) is 12.1 Å². The summed E-state index contributed by atoms with van der Waals surface area (Å²) in [5, 5.41) is 13.2. The van der Waals surface area contributed by atoms with E-state index in [1.807, 2.05) is 6.92 Å². The van der Waals surface area contributed by atoms with Gasteiger partial charge in [0.15, 0.2) is 5.82 Å². The average molecular weight is 323 g/mol. The summed E-state index contributed by atoms with van der Waals surface area (Å²) in [4.78, 5) is 17.2. The van der Waals surface area contributed by atoms with E-state index in [0.29, 0.717) is 11.5 Å². The summed E-state index contributed by atoms with van der Waals surface area (Å²) in [5.41, 5.74) is 1.29. The van der Waals surface area contributed by atoms with Crippen LogP contribution in [0, 0.1) is 12.7 Å². The minimum atomic E-state index is -0.845. The van der Waals surface area contributed by atoms with Gasteiger partial charge in [-0.3, -0.25) is 9.89 Å². The van der Waals surface area contributed by atoms with Crippen molar-refractivity contribution >= 4 is 29.0 Å². The zero-order valence-electron chi connectivity index (χ0n) is 11.6. The first-order chi connectivity index (χ1) is 10.5. The number of oxime groups is 1. The molecule has 2 N–H and O–H groups in total. The number of benzene rings is 1. The van der Waals surface area contributed by atoms with Crippen molar-refractivity contribution in [2.24, 2.45) is 5.16 Å². The van der Waals surface area contributed by atoms with Crippen LogP contribution in [-0.4, -0.2) is 27.9 Å². The maximum Gasteiger partial charge on any atom is 0.269 e. The molecule has 0 saturated carbocycles. The van der Waals surface area contributed by atoms with Gasteiger partial charge in [-0.25, -0.2) is 4.39 Å². The molecule has 3 rings (SSSR count). The number of halogens is 2. The molecule has 1 atom stereocenters. The fraction of sp³-hybridized carbons (Fsp3) is 0.214. The maximum absolute atomic E-state index is 13.8. The number of nitrogens with one attached hydrogen (secondary N) is 2. The van der Waals surface area contributed by atoms with E-state index >= 15 is 0 Å². The van der Waals surface area contributed by atoms with Crippen molar-refractivity contribution in [3.8, 4) is 0 Å². The van der Waals surface area contributed by atoms with Gasteiger partial charge in [-0.1, -0.05) is 22.8 Å². The predicted octanol–water partition coefficient (Wildman–Crippen LogP) is 2.64. The fourth-order valence-corrected chi connectivity index (χ4v) is 2.40. The Hall–Kier alpha value is -2.41. The Morgan fingerprint density at radius 2 is 2.36 bits per heavy atom. The summed E-state index contributed by atoms with van der Waals surface area (Å²) in [6.45, 7) is 1.82. The Morgan fingerprint density at radius 1 is 1.55 bits per heavy atom. The lowest BCUT2D eigenvalue weighted by Gasteiger charge is -2.07. The number of hydrogen-bond acceptors (Lipinski definition) is 4. The first kappa shape index (κ1) is 14.5. The van der Waals surface area contributed by atoms with Crippen LogP contribution in [0.25, 0.3) is 0 Å². The van der Waals surface area contributed by atoms with E-state index in [9.17, 15) is 9.18 Å². The number of aromatic nitrogens is 2. The number of hydrogen-bond donors (Lipinski definition) is 2. The molecule has 22 heavy (non-hydrogen) atoms. The number of carbonyl (C=O) groups is 1. The molecule has 0 spiro atoms. The quantitative estimate of drug-likeness (QED) is 0.911. The molecule has 2 aromatic rings. The Bertz CT molecular complexity index is 739. The number of carbonyl (C=O) groups excluding carboxylic acids is 1. The van der Waals surface area contributed by atoms with Gasteiger partial charge >= 0.3 is 0 Å². The molecule has 8 heteroatoms. The van der Waals surface area contributed by atoms with Gasteiger partial charge in [0.25, 0.3) is 5.91 Å². The Labute approximate surface area is 130 Å². The predicted molar refractivity (Wildman–Crippen MR) is 79.4 cm³/mol. The molecule has 1 aliphatic rings. The zero-order chi connectivity index (χ0) is 15.7. The van der Waals surface area contributed by atoms with Crippen LogP contribution in [-0.2, 0) is 9.63 Å². The van der Waals surface area contributed by atoms with Gasteiger partial charge in [-0.05, 0) is 19.1 Å². The fourth-order valence-electron chi connectivity index (χ4n) is 2.13. The Morgan fingerprint density at radius 3 is 3.05 bits per heavy atom. The highest BCUT2D eigenvalue weighted by Crippen LogP contribution is 2.25. The average Bonchev–Trinajstić information content (AvgIpc) is 3.08. The van der Waals surface area contributed by atoms with Crippen molar-refractivity contribution < 1.29 is 14.0 Å². The van der Waals surface area contributed by atoms with Crippen LogP contribution in [0.1, 0.15) is 17.7 Å². The second-order valence-electron chi connectivity index (χ2n) is 4.86. The van der Waals surface area contributed by atoms with Crippen molar-refractivity contribution in [2.75, 3.05) is 5.32 Å². The molecule has 1 amide bonds. The van der Waals surface area contributed by atoms with E-state index in [-0.39, 0.29) is 17.0 Å². The molecule has 114 valence electrons. The highest BCUT2D eigenvalue weighted by Gasteiger charge is 2.31. The van der Waals surface area contributed by atoms with E-state index in [2.05, 4.69) is 20.7 Å². The smallest absolute Gasteiger partial charge is 0.269 e. The minimum absolute atomic E-state index is 0.135. The number of rotatable bonds is 3. The number of aromatic amines is 1. The molecule has 0 bridgehead atoms. The summed E-state index contributed by atoms with van der Waals surface area (Å²) in [6, 6.07) is 6.02. The molecule has 0 saturated heterocycles. The number of anilines is 1. The lowest BCUT2D eigenvalue weighted by Crippen LogP contribution is -2.28. The summed E-state index contributed by atoms with van der Waals surface area (Å²) in [6.07, 6.45) is -0.710. The third kappa shape index (κ3) is 2.80. The third-order valence-electron chi connectivity index (χ3n) is 3.17. The van der Waals surface area contributed by atoms with Crippen LogP contribution >= 0.6 is 11.6 Å². The summed E-state index contributed by atoms with van der Waals surface area (Å²) in [5.74, 6) is -0.514. The standard InChI is InChI=1S/C14H12ClFN4O2/c1-7-5-12(19-18-7)17-14(21)11-6-10(20-22-11)13-8(15)3-2-4-9(13)16/h2-5,11H,6H2,1H3,(H2,17,18,19,21). The lowest BCUT2D eigenvalue weighted by atomic mass is 10.0. The SMILES string of the molecule is Cc1cc(NC(=O)C2CC(c3c(F)cccc3Cl)=NO2)n[nH]1. The van der Waals surface area contributed by atoms with E-state index in [1.165, 1.54) is 12.1 Å². The third-order valence-corrected chi connectivity index (χ3v) is 3.48. The van der Waals surface area contributed by atoms with Gasteiger partial charge in [0.05, 0.1) is 16.3 Å². The normalized spacial score (nSPS) is 17.0. The lowest BCUT2D eigenvalue weighted by molar-refractivity contribution is -0.125. The van der Waals surface area contributed by atoms with Crippen LogP contribution in [0.3, 0.4) is 0 Å². The zero-order valence-corrected chi connectivity index (χ0v) is 12.3. The van der Waals surface area contributed by atoms with Gasteiger partial charge in [0.1, 0.15) is 5.82 Å². The molecular formula is C14H12ClFN4O2. The first-order valence-electron chi connectivity index (χ1n) is 6.54. The molecule has 2 heterocycles. The van der Waals surface area contributed by atoms with Crippen LogP contribution in [0.4, 0.5) is 10.2 Å². The number of aryl methyl sites for hydroxylation is 1. The molecular weight excluding hydrogens is 311 g/mol. The number of nitrogens with zero attached hydrogens (tertiary/aromatic N) is 2. The molecule has 1 aliphatic heterocycles. The van der Waals surface area contributed by atoms with Crippen LogP contribution in [0.5, 0.6) is 0 Å². The van der Waals surface area contributed by atoms with E-state index in [4.69, 9.17) is 16.4 Å². The maximum atomic E-state index is 13.8. The highest BCUT2D eigenvalue weighted by atomic mass is 35.5. The summed E-state index contributed by atoms with van der Waals surface area (Å²) in [7, 11) is 0. The summed E-state index contributed by atoms with van der Waals surface area (Å²) >= 11 is 5.98. The van der Waals surface area contributed by atoms with Gasteiger partial charge in [-0.2, -0.15) is 5.10 Å². The van der Waals surface area contributed by atoms with E-state index < -0.39 is 17.8 Å². The van der Waals surface area contributed by atoms with Crippen LogP contribution in [0.15, 0.2) is 29.4 Å². The van der Waals surface area contributed by atoms with Crippen molar-refractivity contribution in [3.63, 3.8) is 0 Å². The second kappa shape index (κ2) is 5.76. The number of amides is 1. The molecule has 6 nitrogen and oxygen atoms in total. The Kier molecular flexibility index (Phi) is 3.81. The monoisotopic (exact) mass is 322 g/mol. The Balaban J connectivity index is 1.70. The molecule has 1 unspecified atom stereocenters. The van der Waals surface area contributed by atoms with E-state index in [0.717, 1.165) is 5.69 Å². The first-order valence-corrected chi connectivity index (χ1v) is 6.92. The van der Waals surface area contributed by atoms with Crippen molar-refractivity contribution in [2.45, 2.75) is 19.4 Å². The van der Waals surface area contributed by atoms with Crippen molar-refractivity contribution in [3.05, 3.63) is 46.4 Å². The van der Waals surface area contributed by atoms with Crippen LogP contribution < -0.4 is 5.32 Å². The van der Waals surface area contributed by atoms with Gasteiger partial charge < -0.3 is 10.2 Å². The molecule has 0 radical (unpaired) electrons. The minimum Gasteiger partial charge on any atom is -0.382 e. The highest BCUT2D eigenvalue weighted by molar-refractivity contribution is 6.34. The number of H-pyrrole nitrogens is 1. The summed E-state index contributed by atoms with van der Waals surface area (Å²) < 4.78 is 13.8. The topological polar surface area (TPSA) is 79.4 Å². The second-order valence-corrected chi connectivity index (χ2v) is 5.27.